The normalized spacial score (nSPS) is 10.7. The van der Waals surface area contributed by atoms with Gasteiger partial charge in [-0.15, -0.1) is 0 Å². The predicted octanol–water partition coefficient (Wildman–Crippen LogP) is 4.69. The van der Waals surface area contributed by atoms with Gasteiger partial charge < -0.3 is 9.42 Å². The highest BCUT2D eigenvalue weighted by Crippen LogP contribution is 2.16. The van der Waals surface area contributed by atoms with Crippen molar-refractivity contribution in [1.82, 2.24) is 15.0 Å². The van der Waals surface area contributed by atoms with Crippen LogP contribution in [0, 0.1) is 5.82 Å². The van der Waals surface area contributed by atoms with Gasteiger partial charge in [0.05, 0.1) is 6.42 Å². The zero-order chi connectivity index (χ0) is 21.5. The second-order valence-electron chi connectivity index (χ2n) is 7.23. The van der Waals surface area contributed by atoms with E-state index in [2.05, 4.69) is 10.1 Å². The molecule has 0 bridgehead atoms. The first-order valence-corrected chi connectivity index (χ1v) is 10.1. The standard InChI is InChI=1S/C25H22FN3O2/c26-22-13-11-19(12-14-22)17-24(30)29(18-20-7-3-1-4-8-20)16-15-23-27-25(28-31-23)21-9-5-2-6-10-21/h1-14H,15-18H2. The quantitative estimate of drug-likeness (QED) is 0.419. The lowest BCUT2D eigenvalue weighted by molar-refractivity contribution is -0.131. The molecule has 6 heteroatoms. The number of amides is 1. The molecule has 0 fully saturated rings. The fourth-order valence-corrected chi connectivity index (χ4v) is 3.28. The van der Waals surface area contributed by atoms with Crippen molar-refractivity contribution in [2.45, 2.75) is 19.4 Å². The lowest BCUT2D eigenvalue weighted by Gasteiger charge is -2.22. The van der Waals surface area contributed by atoms with Crippen LogP contribution in [0.3, 0.4) is 0 Å². The molecule has 0 radical (unpaired) electrons. The summed E-state index contributed by atoms with van der Waals surface area (Å²) in [6.07, 6.45) is 0.647. The smallest absolute Gasteiger partial charge is 0.228 e. The minimum atomic E-state index is -0.317. The van der Waals surface area contributed by atoms with E-state index in [9.17, 15) is 9.18 Å². The molecule has 31 heavy (non-hydrogen) atoms. The van der Waals surface area contributed by atoms with Crippen LogP contribution in [0.4, 0.5) is 4.39 Å². The van der Waals surface area contributed by atoms with Crippen molar-refractivity contribution in [2.75, 3.05) is 6.54 Å². The van der Waals surface area contributed by atoms with Gasteiger partial charge in [0.15, 0.2) is 0 Å². The summed E-state index contributed by atoms with van der Waals surface area (Å²) < 4.78 is 18.6. The third-order valence-corrected chi connectivity index (χ3v) is 4.93. The van der Waals surface area contributed by atoms with E-state index < -0.39 is 0 Å². The summed E-state index contributed by atoms with van der Waals surface area (Å²) in [5.41, 5.74) is 2.69. The lowest BCUT2D eigenvalue weighted by Crippen LogP contribution is -2.33. The summed E-state index contributed by atoms with van der Waals surface area (Å²) in [5, 5.41) is 4.04. The fourth-order valence-electron chi connectivity index (χ4n) is 3.28. The molecule has 1 heterocycles. The number of benzene rings is 3. The van der Waals surface area contributed by atoms with E-state index in [1.54, 1.807) is 17.0 Å². The molecular formula is C25H22FN3O2. The molecule has 0 unspecified atom stereocenters. The Kier molecular flexibility index (Phi) is 6.47. The van der Waals surface area contributed by atoms with Crippen LogP contribution in [0.1, 0.15) is 17.0 Å². The Morgan fingerprint density at radius 1 is 0.871 bits per heavy atom. The highest BCUT2D eigenvalue weighted by atomic mass is 19.1. The zero-order valence-electron chi connectivity index (χ0n) is 16.9. The maximum absolute atomic E-state index is 13.2. The monoisotopic (exact) mass is 415 g/mol. The first kappa shape index (κ1) is 20.5. The van der Waals surface area contributed by atoms with Crippen LogP contribution in [0.5, 0.6) is 0 Å². The molecular weight excluding hydrogens is 393 g/mol. The van der Waals surface area contributed by atoms with Crippen LogP contribution >= 0.6 is 0 Å². The van der Waals surface area contributed by atoms with Crippen LogP contribution in [0.2, 0.25) is 0 Å². The van der Waals surface area contributed by atoms with Gasteiger partial charge in [0, 0.05) is 25.1 Å². The van der Waals surface area contributed by atoms with Crippen LogP contribution in [-0.4, -0.2) is 27.5 Å². The summed E-state index contributed by atoms with van der Waals surface area (Å²) in [6.45, 7) is 0.909. The molecule has 0 aliphatic carbocycles. The van der Waals surface area contributed by atoms with Crippen LogP contribution in [0.15, 0.2) is 89.5 Å². The van der Waals surface area contributed by atoms with E-state index in [-0.39, 0.29) is 18.1 Å². The minimum absolute atomic E-state index is 0.0433. The van der Waals surface area contributed by atoms with Gasteiger partial charge in [-0.3, -0.25) is 4.79 Å². The molecule has 0 aliphatic heterocycles. The van der Waals surface area contributed by atoms with Crippen molar-refractivity contribution in [3.05, 3.63) is 108 Å². The van der Waals surface area contributed by atoms with Gasteiger partial charge in [-0.2, -0.15) is 4.98 Å². The third kappa shape index (κ3) is 5.63. The van der Waals surface area contributed by atoms with Gasteiger partial charge in [-0.05, 0) is 23.3 Å². The number of carbonyl (C=O) groups excluding carboxylic acids is 1. The summed E-state index contributed by atoms with van der Waals surface area (Å²) in [6, 6.07) is 25.4. The molecule has 0 saturated heterocycles. The van der Waals surface area contributed by atoms with Crippen molar-refractivity contribution in [3.8, 4) is 11.4 Å². The van der Waals surface area contributed by atoms with Gasteiger partial charge >= 0.3 is 0 Å². The Morgan fingerprint density at radius 3 is 2.26 bits per heavy atom. The van der Waals surface area contributed by atoms with Gasteiger partial charge in [0.2, 0.25) is 17.6 Å². The average molecular weight is 415 g/mol. The molecule has 0 atom stereocenters. The third-order valence-electron chi connectivity index (χ3n) is 4.93. The molecule has 156 valence electrons. The Bertz CT molecular complexity index is 1110. The van der Waals surface area contributed by atoms with E-state index in [0.717, 1.165) is 16.7 Å². The summed E-state index contributed by atoms with van der Waals surface area (Å²) in [7, 11) is 0. The average Bonchev–Trinajstić information content (AvgIpc) is 3.28. The molecule has 0 saturated carbocycles. The molecule has 1 aromatic heterocycles. The summed E-state index contributed by atoms with van der Waals surface area (Å²) in [5.74, 6) is 0.649. The maximum Gasteiger partial charge on any atom is 0.228 e. The molecule has 0 spiro atoms. The zero-order valence-corrected chi connectivity index (χ0v) is 16.9. The SMILES string of the molecule is O=C(Cc1ccc(F)cc1)N(CCc1nc(-c2ccccc2)no1)Cc1ccccc1. The second kappa shape index (κ2) is 9.80. The van der Waals surface area contributed by atoms with Crippen molar-refractivity contribution < 1.29 is 13.7 Å². The molecule has 4 aromatic rings. The number of aromatic nitrogens is 2. The molecule has 4 rings (SSSR count). The van der Waals surface area contributed by atoms with Gasteiger partial charge in [-0.1, -0.05) is 78.0 Å². The summed E-state index contributed by atoms with van der Waals surface area (Å²) >= 11 is 0. The molecule has 0 aliphatic rings. The maximum atomic E-state index is 13.2. The Balaban J connectivity index is 1.45. The second-order valence-corrected chi connectivity index (χ2v) is 7.23. The summed E-state index contributed by atoms with van der Waals surface area (Å²) in [4.78, 5) is 19.2. The molecule has 5 nitrogen and oxygen atoms in total. The predicted molar refractivity (Wildman–Crippen MR) is 115 cm³/mol. The highest BCUT2D eigenvalue weighted by Gasteiger charge is 2.17. The van der Waals surface area contributed by atoms with Crippen molar-refractivity contribution in [2.24, 2.45) is 0 Å². The number of halogens is 1. The van der Waals surface area contributed by atoms with Gasteiger partial charge in [-0.25, -0.2) is 4.39 Å². The van der Waals surface area contributed by atoms with Crippen molar-refractivity contribution >= 4 is 5.91 Å². The van der Waals surface area contributed by atoms with E-state index in [1.807, 2.05) is 60.7 Å². The lowest BCUT2D eigenvalue weighted by atomic mass is 10.1. The fraction of sp³-hybridized carbons (Fsp3) is 0.160. The number of hydrogen-bond donors (Lipinski definition) is 0. The van der Waals surface area contributed by atoms with Crippen LogP contribution in [-0.2, 0) is 24.2 Å². The van der Waals surface area contributed by atoms with Crippen molar-refractivity contribution in [3.63, 3.8) is 0 Å². The Hall–Kier alpha value is -3.80. The van der Waals surface area contributed by atoms with Gasteiger partial charge in [0.25, 0.3) is 0 Å². The van der Waals surface area contributed by atoms with E-state index in [0.29, 0.717) is 31.2 Å². The Morgan fingerprint density at radius 2 is 1.55 bits per heavy atom. The number of hydrogen-bond acceptors (Lipinski definition) is 4. The topological polar surface area (TPSA) is 59.2 Å². The molecule has 3 aromatic carbocycles. The van der Waals surface area contributed by atoms with E-state index >= 15 is 0 Å². The number of rotatable bonds is 8. The Labute approximate surface area is 180 Å². The van der Waals surface area contributed by atoms with Crippen LogP contribution < -0.4 is 0 Å². The first-order chi connectivity index (χ1) is 15.2. The van der Waals surface area contributed by atoms with E-state index in [1.165, 1.54) is 12.1 Å². The van der Waals surface area contributed by atoms with Crippen molar-refractivity contribution in [1.29, 1.82) is 0 Å². The minimum Gasteiger partial charge on any atom is -0.339 e. The largest absolute Gasteiger partial charge is 0.339 e. The molecule has 1 amide bonds. The number of nitrogens with zero attached hydrogens (tertiary/aromatic N) is 3. The van der Waals surface area contributed by atoms with Gasteiger partial charge in [0.1, 0.15) is 5.82 Å². The van der Waals surface area contributed by atoms with Crippen LogP contribution in [0.25, 0.3) is 11.4 Å². The first-order valence-electron chi connectivity index (χ1n) is 10.1. The van der Waals surface area contributed by atoms with E-state index in [4.69, 9.17) is 4.52 Å². The number of carbonyl (C=O) groups is 1. The highest BCUT2D eigenvalue weighted by molar-refractivity contribution is 5.78. The molecule has 0 N–H and O–H groups in total.